The van der Waals surface area contributed by atoms with E-state index in [-0.39, 0.29) is 44.7 Å². The zero-order valence-corrected chi connectivity index (χ0v) is 38.1. The van der Waals surface area contributed by atoms with E-state index in [2.05, 4.69) is 28.2 Å². The molecule has 17 nitrogen and oxygen atoms in total. The average Bonchev–Trinajstić information content (AvgIpc) is 3.65. The maximum Gasteiger partial charge on any atom is 0.305 e. The van der Waals surface area contributed by atoms with Gasteiger partial charge in [0.1, 0.15) is 16.9 Å². The van der Waals surface area contributed by atoms with Gasteiger partial charge in [-0.1, -0.05) is 36.4 Å². The van der Waals surface area contributed by atoms with Crippen molar-refractivity contribution in [3.63, 3.8) is 0 Å². The normalized spacial score (nSPS) is 15.4. The molecule has 7 rings (SSSR count). The molecule has 0 amide bonds. The highest BCUT2D eigenvalue weighted by atomic mass is 19.1. The molecule has 0 aliphatic carbocycles. The number of carboxylic acids is 1. The van der Waals surface area contributed by atoms with Crippen molar-refractivity contribution >= 4 is 57.5 Å². The van der Waals surface area contributed by atoms with Gasteiger partial charge in [0.05, 0.1) is 45.1 Å². The molecule has 2 fully saturated rings. The second-order valence-electron chi connectivity index (χ2n) is 17.0. The molecule has 0 saturated carbocycles. The molecule has 18 heteroatoms. The third-order valence-electron chi connectivity index (χ3n) is 11.8. The standard InChI is InChI=1S/C24H26FNO4.C24H40N8O4/c1-15(2)26-21-6-4-3-5-20(21)24(16-7-9-17(25)10-8-16)22(26)12-11-18(27)13-19(28)14-23(29)30;33-15-11-31(12-16-34)23-26-20-19(21(27-23)29-7-3-1-4-8-29)25-24(32(13-17-35)14-18-36)28-22(20)30-9-5-2-6-10-30/h3-12,15,18-19,27-28H,13-14H2,1-2H3,(H,29,30);33-36H,1-18H2/b12-11+;/t18-,19-;/m1./s1. The number of aliphatic hydroxyl groups is 6. The van der Waals surface area contributed by atoms with Gasteiger partial charge in [-0.15, -0.1) is 0 Å². The number of aromatic nitrogens is 5. The number of carbonyl (C=O) groups is 1. The van der Waals surface area contributed by atoms with E-state index in [0.29, 0.717) is 49.1 Å². The van der Waals surface area contributed by atoms with Gasteiger partial charge in [-0.3, -0.25) is 4.79 Å². The lowest BCUT2D eigenvalue weighted by molar-refractivity contribution is -0.139. The minimum Gasteiger partial charge on any atom is -0.481 e. The molecule has 0 radical (unpaired) electrons. The number of piperidine rings is 2. The number of anilines is 4. The van der Waals surface area contributed by atoms with Crippen LogP contribution in [0.3, 0.4) is 0 Å². The van der Waals surface area contributed by atoms with E-state index in [1.165, 1.54) is 25.0 Å². The van der Waals surface area contributed by atoms with E-state index in [9.17, 15) is 39.8 Å². The van der Waals surface area contributed by atoms with Gasteiger partial charge in [0.25, 0.3) is 0 Å². The van der Waals surface area contributed by atoms with Crippen molar-refractivity contribution in [1.82, 2.24) is 24.5 Å². The van der Waals surface area contributed by atoms with E-state index < -0.39 is 24.6 Å². The second-order valence-corrected chi connectivity index (χ2v) is 17.0. The zero-order valence-electron chi connectivity index (χ0n) is 38.1. The van der Waals surface area contributed by atoms with Gasteiger partial charge >= 0.3 is 5.97 Å². The number of hydrogen-bond acceptors (Lipinski definition) is 15. The Morgan fingerprint density at radius 3 is 1.65 bits per heavy atom. The monoisotopic (exact) mass is 916 g/mol. The number of benzene rings is 2. The minimum atomic E-state index is -1.13. The number of carboxylic acid groups (broad SMARTS) is 1. The van der Waals surface area contributed by atoms with Crippen LogP contribution in [0.15, 0.2) is 54.6 Å². The Kier molecular flexibility index (Phi) is 18.4. The van der Waals surface area contributed by atoms with Crippen LogP contribution in [0.25, 0.3) is 39.1 Å². The number of fused-ring (bicyclic) bond motifs is 2. The summed E-state index contributed by atoms with van der Waals surface area (Å²) in [6.07, 6.45) is 7.34. The van der Waals surface area contributed by atoms with Crippen LogP contribution in [0.1, 0.15) is 76.9 Å². The van der Waals surface area contributed by atoms with Crippen LogP contribution in [0.4, 0.5) is 27.9 Å². The van der Waals surface area contributed by atoms with Crippen molar-refractivity contribution in [2.75, 3.05) is 98.4 Å². The molecule has 0 bridgehead atoms. The maximum atomic E-state index is 13.5. The van der Waals surface area contributed by atoms with Gasteiger partial charge in [0.2, 0.25) is 11.9 Å². The number of nitrogens with zero attached hydrogens (tertiary/aromatic N) is 9. The molecule has 2 saturated heterocycles. The summed E-state index contributed by atoms with van der Waals surface area (Å²) in [7, 11) is 0. The summed E-state index contributed by atoms with van der Waals surface area (Å²) in [6.45, 7) is 8.50. The number of rotatable bonds is 20. The largest absolute Gasteiger partial charge is 0.481 e. The van der Waals surface area contributed by atoms with Gasteiger partial charge in [-0.05, 0) is 82.2 Å². The number of para-hydroxylation sites is 1. The van der Waals surface area contributed by atoms with Crippen molar-refractivity contribution in [1.29, 1.82) is 0 Å². The van der Waals surface area contributed by atoms with Gasteiger partial charge in [0, 0.05) is 87.0 Å². The first kappa shape index (κ1) is 49.9. The van der Waals surface area contributed by atoms with Crippen molar-refractivity contribution in [2.45, 2.75) is 83.5 Å². The van der Waals surface area contributed by atoms with Crippen LogP contribution >= 0.6 is 0 Å². The Balaban J connectivity index is 0.000000222. The third kappa shape index (κ3) is 12.5. The maximum absolute atomic E-state index is 13.5. The fraction of sp³-hybridized carbons (Fsp3) is 0.521. The summed E-state index contributed by atoms with van der Waals surface area (Å²) >= 11 is 0. The predicted octanol–water partition coefficient (Wildman–Crippen LogP) is 4.61. The molecule has 0 spiro atoms. The average molecular weight is 916 g/mol. The van der Waals surface area contributed by atoms with Gasteiger partial charge in [-0.25, -0.2) is 14.4 Å². The number of aliphatic carboxylic acids is 1. The second kappa shape index (κ2) is 24.3. The Labute approximate surface area is 385 Å². The van der Waals surface area contributed by atoms with E-state index in [1.807, 2.05) is 24.3 Å². The summed E-state index contributed by atoms with van der Waals surface area (Å²) in [5.74, 6) is 0.922. The Morgan fingerprint density at radius 1 is 0.712 bits per heavy atom. The molecule has 5 heterocycles. The zero-order chi connectivity index (χ0) is 47.2. The van der Waals surface area contributed by atoms with Gasteiger partial charge in [0.15, 0.2) is 11.6 Å². The topological polar surface area (TPSA) is 228 Å². The van der Waals surface area contributed by atoms with Crippen LogP contribution in [-0.2, 0) is 4.79 Å². The molecule has 7 N–H and O–H groups in total. The summed E-state index contributed by atoms with van der Waals surface area (Å²) < 4.78 is 15.6. The molecule has 2 aliphatic heterocycles. The highest BCUT2D eigenvalue weighted by Gasteiger charge is 2.27. The highest BCUT2D eigenvalue weighted by Crippen LogP contribution is 2.39. The fourth-order valence-corrected chi connectivity index (χ4v) is 8.77. The van der Waals surface area contributed by atoms with Crippen molar-refractivity contribution < 1.29 is 44.9 Å². The van der Waals surface area contributed by atoms with E-state index in [0.717, 1.165) is 91.2 Å². The number of aliphatic hydroxyl groups excluding tert-OH is 6. The minimum absolute atomic E-state index is 0.0728. The van der Waals surface area contributed by atoms with E-state index >= 15 is 0 Å². The van der Waals surface area contributed by atoms with Gasteiger partial charge < -0.3 is 59.9 Å². The first-order valence-electron chi connectivity index (χ1n) is 23.2. The molecule has 2 aromatic carbocycles. The van der Waals surface area contributed by atoms with Crippen molar-refractivity contribution in [3.05, 3.63) is 66.1 Å². The molecular formula is C48H66FN9O8. The summed E-state index contributed by atoms with van der Waals surface area (Å²) in [5, 5.41) is 68.4. The van der Waals surface area contributed by atoms with Crippen LogP contribution < -0.4 is 19.6 Å². The number of halogens is 1. The summed E-state index contributed by atoms with van der Waals surface area (Å²) in [4.78, 5) is 38.5. The number of hydrogen-bond donors (Lipinski definition) is 7. The Hall–Kier alpha value is -5.50. The van der Waals surface area contributed by atoms with Crippen LogP contribution in [0.2, 0.25) is 0 Å². The smallest absolute Gasteiger partial charge is 0.305 e. The predicted molar refractivity (Wildman–Crippen MR) is 256 cm³/mol. The van der Waals surface area contributed by atoms with Crippen LogP contribution in [0, 0.1) is 5.82 Å². The van der Waals surface area contributed by atoms with Crippen LogP contribution in [-0.4, -0.2) is 157 Å². The van der Waals surface area contributed by atoms with Crippen molar-refractivity contribution in [2.24, 2.45) is 0 Å². The van der Waals surface area contributed by atoms with E-state index in [4.69, 9.17) is 25.0 Å². The molecule has 2 atom stereocenters. The molecule has 0 unspecified atom stereocenters. The highest BCUT2D eigenvalue weighted by molar-refractivity contribution is 6.01. The molecular weight excluding hydrogens is 850 g/mol. The first-order valence-corrected chi connectivity index (χ1v) is 23.2. The Morgan fingerprint density at radius 2 is 1.20 bits per heavy atom. The van der Waals surface area contributed by atoms with E-state index in [1.54, 1.807) is 34.1 Å². The molecule has 2 aliphatic rings. The van der Waals surface area contributed by atoms with Gasteiger partial charge in [-0.2, -0.15) is 9.97 Å². The molecule has 3 aromatic heterocycles. The lowest BCUT2D eigenvalue weighted by atomic mass is 10.0. The summed E-state index contributed by atoms with van der Waals surface area (Å²) in [5.41, 5.74) is 4.96. The van der Waals surface area contributed by atoms with Crippen LogP contribution in [0.5, 0.6) is 0 Å². The molecule has 66 heavy (non-hydrogen) atoms. The quantitative estimate of drug-likeness (QED) is 0.0566. The summed E-state index contributed by atoms with van der Waals surface area (Å²) in [6, 6.07) is 14.4. The Bertz CT molecular complexity index is 2260. The SMILES string of the molecule is CC(C)n1c(/C=C/[C@@H](O)C[C@@H](O)CC(=O)O)c(-c2ccc(F)cc2)c2ccccc21.OCCN(CCO)c1nc(N2CCCCC2)c2nc(N(CCO)CCO)nc(N3CCCCC3)c2n1. The van der Waals surface area contributed by atoms with Crippen molar-refractivity contribution in [3.8, 4) is 11.1 Å². The lowest BCUT2D eigenvalue weighted by Gasteiger charge is -2.33. The fourth-order valence-electron chi connectivity index (χ4n) is 8.77. The third-order valence-corrected chi connectivity index (χ3v) is 11.8. The first-order chi connectivity index (χ1) is 32.0. The molecule has 358 valence electrons. The lowest BCUT2D eigenvalue weighted by Crippen LogP contribution is -2.36. The molecule has 5 aromatic rings.